The van der Waals surface area contributed by atoms with E-state index in [-0.39, 0.29) is 5.69 Å². The van der Waals surface area contributed by atoms with Gasteiger partial charge in [0, 0.05) is 24.3 Å². The maximum Gasteiger partial charge on any atom is 0.418 e. The quantitative estimate of drug-likeness (QED) is 0.282. The van der Waals surface area contributed by atoms with Crippen LogP contribution in [0.3, 0.4) is 0 Å². The molecule has 2 aromatic heterocycles. The normalized spacial score (nSPS) is 12.8. The molecule has 0 fully saturated rings. The van der Waals surface area contributed by atoms with Crippen LogP contribution < -0.4 is 5.32 Å². The Kier molecular flexibility index (Phi) is 7.80. The van der Waals surface area contributed by atoms with E-state index in [1.807, 2.05) is 19.0 Å². The Labute approximate surface area is 212 Å². The summed E-state index contributed by atoms with van der Waals surface area (Å²) in [7, 11) is 3.89. The summed E-state index contributed by atoms with van der Waals surface area (Å²) >= 11 is 6.04. The lowest BCUT2D eigenvalue weighted by Crippen LogP contribution is -2.29. The van der Waals surface area contributed by atoms with Crippen LogP contribution in [0.15, 0.2) is 79.1 Å². The van der Waals surface area contributed by atoms with Crippen molar-refractivity contribution >= 4 is 11.6 Å². The maximum absolute atomic E-state index is 14.0. The summed E-state index contributed by atoms with van der Waals surface area (Å²) < 4.78 is 43.4. The molecule has 0 amide bonds. The number of aliphatic hydroxyl groups excluding tert-OH is 1. The number of nitrogens with zero attached hydrogens (tertiary/aromatic N) is 3. The number of halogens is 4. The zero-order chi connectivity index (χ0) is 25.9. The summed E-state index contributed by atoms with van der Waals surface area (Å²) in [6.07, 6.45) is -3.07. The Morgan fingerprint density at radius 2 is 1.53 bits per heavy atom. The van der Waals surface area contributed by atoms with Crippen LogP contribution in [0.25, 0.3) is 28.2 Å². The summed E-state index contributed by atoms with van der Waals surface area (Å²) in [5, 5.41) is 14.0. The summed E-state index contributed by atoms with van der Waals surface area (Å²) in [5.74, 6) is 0. The Bertz CT molecular complexity index is 1300. The number of aromatic nitrogens is 2. The van der Waals surface area contributed by atoms with Crippen molar-refractivity contribution in [1.29, 1.82) is 0 Å². The maximum atomic E-state index is 14.0. The molecule has 4 rings (SSSR count). The third-order valence-corrected chi connectivity index (χ3v) is 6.04. The van der Waals surface area contributed by atoms with Crippen molar-refractivity contribution in [3.63, 3.8) is 0 Å². The number of benzene rings is 2. The monoisotopic (exact) mass is 514 g/mol. The molecule has 0 saturated heterocycles. The van der Waals surface area contributed by atoms with Gasteiger partial charge in [-0.05, 0) is 61.1 Å². The van der Waals surface area contributed by atoms with Crippen LogP contribution in [-0.2, 0) is 6.18 Å². The lowest BCUT2D eigenvalue weighted by atomic mass is 10.1. The zero-order valence-electron chi connectivity index (χ0n) is 19.8. The molecule has 188 valence electrons. The van der Waals surface area contributed by atoms with Gasteiger partial charge in [0.1, 0.15) is 6.23 Å². The number of nitrogens with one attached hydrogen (secondary N) is 1. The molecule has 36 heavy (non-hydrogen) atoms. The van der Waals surface area contributed by atoms with Crippen LogP contribution in [0.5, 0.6) is 0 Å². The van der Waals surface area contributed by atoms with Gasteiger partial charge in [0.2, 0.25) is 0 Å². The van der Waals surface area contributed by atoms with Gasteiger partial charge in [0.05, 0.1) is 28.8 Å². The molecule has 0 aliphatic rings. The Morgan fingerprint density at radius 1 is 0.944 bits per heavy atom. The first-order valence-electron chi connectivity index (χ1n) is 11.3. The lowest BCUT2D eigenvalue weighted by molar-refractivity contribution is -0.137. The number of hydrogen-bond donors (Lipinski definition) is 2. The van der Waals surface area contributed by atoms with Crippen molar-refractivity contribution < 1.29 is 18.3 Å². The number of aliphatic hydroxyl groups is 1. The fourth-order valence-corrected chi connectivity index (χ4v) is 4.08. The number of rotatable bonds is 8. The van der Waals surface area contributed by atoms with Crippen LogP contribution >= 0.6 is 11.6 Å². The highest BCUT2D eigenvalue weighted by molar-refractivity contribution is 6.30. The summed E-state index contributed by atoms with van der Waals surface area (Å²) in [6, 6.07) is 18.5. The van der Waals surface area contributed by atoms with Gasteiger partial charge >= 0.3 is 6.18 Å². The molecule has 0 bridgehead atoms. The molecule has 9 heteroatoms. The molecule has 1 atom stereocenters. The first-order chi connectivity index (χ1) is 17.1. The lowest BCUT2D eigenvalue weighted by Gasteiger charge is -2.19. The fraction of sp³-hybridized carbons (Fsp3) is 0.222. The van der Waals surface area contributed by atoms with E-state index in [0.29, 0.717) is 39.6 Å². The molecule has 2 aromatic carbocycles. The van der Waals surface area contributed by atoms with Gasteiger partial charge < -0.3 is 14.6 Å². The van der Waals surface area contributed by atoms with Crippen molar-refractivity contribution in [2.45, 2.75) is 12.4 Å². The third-order valence-electron chi connectivity index (χ3n) is 5.79. The zero-order valence-corrected chi connectivity index (χ0v) is 20.6. The van der Waals surface area contributed by atoms with Gasteiger partial charge in [-0.3, -0.25) is 10.3 Å². The van der Waals surface area contributed by atoms with E-state index < -0.39 is 18.0 Å². The predicted octanol–water partition coefficient (Wildman–Crippen LogP) is 6.02. The predicted molar refractivity (Wildman–Crippen MR) is 136 cm³/mol. The average Bonchev–Trinajstić information content (AvgIpc) is 3.29. The second-order valence-electron chi connectivity index (χ2n) is 8.62. The van der Waals surface area contributed by atoms with Crippen molar-refractivity contribution in [2.24, 2.45) is 0 Å². The number of likely N-dealkylation sites (N-methyl/N-ethyl adjacent to an activating group) is 1. The Balaban J connectivity index is 1.78. The number of hydrogen-bond acceptors (Lipinski definition) is 4. The van der Waals surface area contributed by atoms with Crippen LogP contribution in [-0.4, -0.2) is 46.7 Å². The summed E-state index contributed by atoms with van der Waals surface area (Å²) in [4.78, 5) is 5.99. The van der Waals surface area contributed by atoms with E-state index >= 15 is 0 Å². The fourth-order valence-electron chi connectivity index (χ4n) is 3.95. The second kappa shape index (κ2) is 10.8. The van der Waals surface area contributed by atoms with Crippen LogP contribution in [0.2, 0.25) is 5.02 Å². The van der Waals surface area contributed by atoms with E-state index in [1.54, 1.807) is 65.2 Å². The first kappa shape index (κ1) is 25.9. The molecule has 0 radical (unpaired) electrons. The molecular weight excluding hydrogens is 489 g/mol. The molecule has 4 aromatic rings. The van der Waals surface area contributed by atoms with Gasteiger partial charge in [-0.2, -0.15) is 13.2 Å². The molecule has 0 saturated carbocycles. The van der Waals surface area contributed by atoms with Gasteiger partial charge in [0.25, 0.3) is 0 Å². The highest BCUT2D eigenvalue weighted by Gasteiger charge is 2.35. The van der Waals surface area contributed by atoms with Gasteiger partial charge in [-0.25, -0.2) is 0 Å². The van der Waals surface area contributed by atoms with E-state index in [2.05, 4.69) is 10.3 Å². The average molecular weight is 515 g/mol. The van der Waals surface area contributed by atoms with E-state index in [9.17, 15) is 18.3 Å². The van der Waals surface area contributed by atoms with Crippen LogP contribution in [0.1, 0.15) is 17.4 Å². The minimum Gasteiger partial charge on any atom is -0.374 e. The molecule has 1 unspecified atom stereocenters. The van der Waals surface area contributed by atoms with E-state index in [0.717, 1.165) is 18.8 Å². The molecular formula is C27H26ClF3N4O. The summed E-state index contributed by atoms with van der Waals surface area (Å²) in [6.45, 7) is 1.37. The topological polar surface area (TPSA) is 53.3 Å². The van der Waals surface area contributed by atoms with Gasteiger partial charge in [-0.15, -0.1) is 0 Å². The highest BCUT2D eigenvalue weighted by Crippen LogP contribution is 2.39. The Hall–Kier alpha value is -3.17. The second-order valence-corrected chi connectivity index (χ2v) is 9.06. The summed E-state index contributed by atoms with van der Waals surface area (Å²) in [5.41, 5.74) is 2.31. The number of pyridine rings is 1. The molecule has 0 aliphatic carbocycles. The largest absolute Gasteiger partial charge is 0.418 e. The smallest absolute Gasteiger partial charge is 0.374 e. The standard InChI is InChI=1S/C27H26ClF3N4O/c1-34(2)16-15-33-26(36)20-5-3-18(4-6-20)23-11-12-24(19-7-9-21(28)10-8-19)35(23)25-17-32-14-13-22(25)27(29,30)31/h3-14,17,26,33,36H,15-16H2,1-2H3. The van der Waals surface area contributed by atoms with Gasteiger partial charge in [-0.1, -0.05) is 48.0 Å². The Morgan fingerprint density at radius 3 is 2.08 bits per heavy atom. The minimum absolute atomic E-state index is 0.0792. The first-order valence-corrected chi connectivity index (χ1v) is 11.7. The van der Waals surface area contributed by atoms with Crippen molar-refractivity contribution in [1.82, 2.24) is 19.8 Å². The molecule has 2 N–H and O–H groups in total. The number of alkyl halides is 3. The SMILES string of the molecule is CN(C)CCNC(O)c1ccc(-c2ccc(-c3ccc(Cl)cc3)n2-c2cnccc2C(F)(F)F)cc1. The van der Waals surface area contributed by atoms with Crippen molar-refractivity contribution in [3.8, 4) is 28.2 Å². The van der Waals surface area contributed by atoms with E-state index in [4.69, 9.17) is 11.6 Å². The van der Waals surface area contributed by atoms with E-state index in [1.165, 1.54) is 6.20 Å². The third kappa shape index (κ3) is 5.79. The van der Waals surface area contributed by atoms with Crippen LogP contribution in [0, 0.1) is 0 Å². The van der Waals surface area contributed by atoms with Crippen molar-refractivity contribution in [2.75, 3.05) is 27.2 Å². The molecule has 5 nitrogen and oxygen atoms in total. The highest BCUT2D eigenvalue weighted by atomic mass is 35.5. The molecule has 0 aliphatic heterocycles. The minimum atomic E-state index is -4.57. The van der Waals surface area contributed by atoms with Crippen LogP contribution in [0.4, 0.5) is 13.2 Å². The van der Waals surface area contributed by atoms with Gasteiger partial charge in [0.15, 0.2) is 0 Å². The molecule has 2 heterocycles. The van der Waals surface area contributed by atoms with Crippen molar-refractivity contribution in [3.05, 3.63) is 95.3 Å². The molecule has 0 spiro atoms.